The molecule has 2 atom stereocenters. The van der Waals surface area contributed by atoms with Crippen molar-refractivity contribution >= 4 is 0 Å². The fraction of sp³-hybridized carbons (Fsp3) is 0.909. The molecule has 2 heterocycles. The maximum atomic E-state index is 14.4. The van der Waals surface area contributed by atoms with Gasteiger partial charge in [0.25, 0.3) is 0 Å². The second-order valence-electron chi connectivity index (χ2n) is 5.14. The first kappa shape index (κ1) is 12.4. The predicted molar refractivity (Wildman–Crippen MR) is 62.3 cm³/mol. The number of aryl methyl sites for hydroxylation is 1. The molecule has 0 spiro atoms. The zero-order valence-corrected chi connectivity index (χ0v) is 10.5. The summed E-state index contributed by atoms with van der Waals surface area (Å²) in [6.07, 6.45) is 4.21. The quantitative estimate of drug-likeness (QED) is 0.855. The predicted octanol–water partition coefficient (Wildman–Crippen LogP) is 1.01. The van der Waals surface area contributed by atoms with Gasteiger partial charge in [-0.15, -0.1) is 10.2 Å². The molecule has 96 valence electrons. The van der Waals surface area contributed by atoms with E-state index < -0.39 is 5.67 Å². The molecule has 0 aliphatic carbocycles. The zero-order valence-electron chi connectivity index (χ0n) is 10.5. The minimum atomic E-state index is -1.27. The number of hydrogen-bond acceptors (Lipinski definition) is 4. The molecule has 1 N–H and O–H groups in total. The molecule has 1 aliphatic rings. The van der Waals surface area contributed by atoms with Gasteiger partial charge in [-0.05, 0) is 37.9 Å². The third-order valence-corrected chi connectivity index (χ3v) is 3.16. The fourth-order valence-electron chi connectivity index (χ4n) is 2.41. The highest BCUT2D eigenvalue weighted by Gasteiger charge is 2.30. The van der Waals surface area contributed by atoms with E-state index in [2.05, 4.69) is 20.7 Å². The molecule has 0 saturated carbocycles. The standard InChI is InChI=1S/C11H20FN5/c1-11(12,7-9-5-3-4-6-13-9)8-10-14-16-17(2)15-10/h9,13H,3-8H2,1-2H3. The van der Waals surface area contributed by atoms with Gasteiger partial charge in [0, 0.05) is 12.5 Å². The second kappa shape index (κ2) is 5.08. The van der Waals surface area contributed by atoms with Gasteiger partial charge in [-0.1, -0.05) is 6.42 Å². The number of rotatable bonds is 4. The molecule has 5 nitrogen and oxygen atoms in total. The minimum absolute atomic E-state index is 0.235. The van der Waals surface area contributed by atoms with E-state index in [1.165, 1.54) is 17.6 Å². The molecule has 2 unspecified atom stereocenters. The van der Waals surface area contributed by atoms with Crippen LogP contribution in [0, 0.1) is 0 Å². The van der Waals surface area contributed by atoms with Crippen molar-refractivity contribution in [3.05, 3.63) is 5.82 Å². The Morgan fingerprint density at radius 1 is 1.53 bits per heavy atom. The number of hydrogen-bond donors (Lipinski definition) is 1. The number of nitrogens with zero attached hydrogens (tertiary/aromatic N) is 4. The van der Waals surface area contributed by atoms with E-state index in [-0.39, 0.29) is 12.5 Å². The lowest BCUT2D eigenvalue weighted by molar-refractivity contribution is 0.143. The molecule has 1 saturated heterocycles. The van der Waals surface area contributed by atoms with Gasteiger partial charge in [-0.25, -0.2) is 4.39 Å². The molecule has 0 amide bonds. The van der Waals surface area contributed by atoms with Gasteiger partial charge < -0.3 is 5.32 Å². The van der Waals surface area contributed by atoms with Crippen molar-refractivity contribution in [2.45, 2.75) is 50.7 Å². The van der Waals surface area contributed by atoms with Crippen molar-refractivity contribution < 1.29 is 4.39 Å². The van der Waals surface area contributed by atoms with E-state index in [4.69, 9.17) is 0 Å². The number of tetrazole rings is 1. The Bertz CT molecular complexity index is 356. The van der Waals surface area contributed by atoms with Crippen molar-refractivity contribution in [3.63, 3.8) is 0 Å². The Hall–Kier alpha value is -1.04. The molecule has 1 aromatic heterocycles. The van der Waals surface area contributed by atoms with E-state index >= 15 is 0 Å². The van der Waals surface area contributed by atoms with E-state index in [9.17, 15) is 4.39 Å². The molecule has 1 aromatic rings. The Kier molecular flexibility index (Phi) is 3.71. The Labute approximate surface area is 101 Å². The van der Waals surface area contributed by atoms with Crippen LogP contribution in [0.25, 0.3) is 0 Å². The molecule has 1 fully saturated rings. The Balaban J connectivity index is 1.88. The third-order valence-electron chi connectivity index (χ3n) is 3.16. The van der Waals surface area contributed by atoms with Gasteiger partial charge in [0.1, 0.15) is 5.67 Å². The molecular weight excluding hydrogens is 221 g/mol. The van der Waals surface area contributed by atoms with Crippen molar-refractivity contribution in [1.82, 2.24) is 25.5 Å². The van der Waals surface area contributed by atoms with Crippen LogP contribution in [0.5, 0.6) is 0 Å². The monoisotopic (exact) mass is 241 g/mol. The Morgan fingerprint density at radius 3 is 2.94 bits per heavy atom. The van der Waals surface area contributed by atoms with Crippen LogP contribution in [0.2, 0.25) is 0 Å². The first-order valence-electron chi connectivity index (χ1n) is 6.20. The van der Waals surface area contributed by atoms with E-state index in [0.717, 1.165) is 13.0 Å². The molecule has 1 aliphatic heterocycles. The normalized spacial score (nSPS) is 24.5. The summed E-state index contributed by atoms with van der Waals surface area (Å²) in [6, 6.07) is 0.287. The summed E-state index contributed by atoms with van der Waals surface area (Å²) in [5, 5.41) is 14.9. The summed E-state index contributed by atoms with van der Waals surface area (Å²) in [7, 11) is 1.69. The average molecular weight is 241 g/mol. The van der Waals surface area contributed by atoms with Crippen molar-refractivity contribution in [1.29, 1.82) is 0 Å². The second-order valence-corrected chi connectivity index (χ2v) is 5.14. The van der Waals surface area contributed by atoms with E-state index in [1.807, 2.05) is 0 Å². The van der Waals surface area contributed by atoms with Gasteiger partial charge in [0.05, 0.1) is 7.05 Å². The lowest BCUT2D eigenvalue weighted by atomic mass is 9.90. The molecule has 0 radical (unpaired) electrons. The van der Waals surface area contributed by atoms with Crippen LogP contribution in [-0.4, -0.2) is 38.5 Å². The summed E-state index contributed by atoms with van der Waals surface area (Å²) in [5.41, 5.74) is -1.27. The zero-order chi connectivity index (χ0) is 12.3. The number of alkyl halides is 1. The van der Waals surface area contributed by atoms with Crippen LogP contribution in [0.15, 0.2) is 0 Å². The summed E-state index contributed by atoms with van der Waals surface area (Å²) >= 11 is 0. The van der Waals surface area contributed by atoms with Gasteiger partial charge in [-0.3, -0.25) is 0 Å². The van der Waals surface area contributed by atoms with Gasteiger partial charge in [-0.2, -0.15) is 4.80 Å². The molecule has 0 bridgehead atoms. The van der Waals surface area contributed by atoms with Crippen molar-refractivity contribution in [3.8, 4) is 0 Å². The topological polar surface area (TPSA) is 55.6 Å². The average Bonchev–Trinajstić information content (AvgIpc) is 2.63. The highest BCUT2D eigenvalue weighted by molar-refractivity contribution is 4.92. The Morgan fingerprint density at radius 2 is 2.35 bits per heavy atom. The third kappa shape index (κ3) is 3.73. The fourth-order valence-corrected chi connectivity index (χ4v) is 2.41. The van der Waals surface area contributed by atoms with E-state index in [1.54, 1.807) is 14.0 Å². The number of nitrogens with one attached hydrogen (secondary N) is 1. The highest BCUT2D eigenvalue weighted by Crippen LogP contribution is 2.24. The summed E-state index contributed by atoms with van der Waals surface area (Å²) in [4.78, 5) is 1.37. The molecule has 17 heavy (non-hydrogen) atoms. The molecule has 2 rings (SSSR count). The summed E-state index contributed by atoms with van der Waals surface area (Å²) < 4.78 is 14.4. The highest BCUT2D eigenvalue weighted by atomic mass is 19.1. The van der Waals surface area contributed by atoms with Gasteiger partial charge >= 0.3 is 0 Å². The maximum Gasteiger partial charge on any atom is 0.177 e. The van der Waals surface area contributed by atoms with Crippen LogP contribution < -0.4 is 5.32 Å². The smallest absolute Gasteiger partial charge is 0.177 e. The van der Waals surface area contributed by atoms with Gasteiger partial charge in [0.15, 0.2) is 5.82 Å². The molecular formula is C11H20FN5. The van der Waals surface area contributed by atoms with Crippen LogP contribution >= 0.6 is 0 Å². The minimum Gasteiger partial charge on any atom is -0.314 e. The first-order chi connectivity index (χ1) is 8.05. The van der Waals surface area contributed by atoms with E-state index in [0.29, 0.717) is 12.2 Å². The lowest BCUT2D eigenvalue weighted by Gasteiger charge is -2.29. The lowest BCUT2D eigenvalue weighted by Crippen LogP contribution is -2.40. The molecule has 0 aromatic carbocycles. The number of piperidine rings is 1. The van der Waals surface area contributed by atoms with Crippen LogP contribution in [0.3, 0.4) is 0 Å². The van der Waals surface area contributed by atoms with Gasteiger partial charge in [0.2, 0.25) is 0 Å². The SMILES string of the molecule is Cn1nnc(CC(C)(F)CC2CCCCN2)n1. The van der Waals surface area contributed by atoms with Crippen molar-refractivity contribution in [2.75, 3.05) is 6.54 Å². The number of halogens is 1. The van der Waals surface area contributed by atoms with Crippen LogP contribution in [0.1, 0.15) is 38.4 Å². The van der Waals surface area contributed by atoms with Crippen LogP contribution in [0.4, 0.5) is 4.39 Å². The largest absolute Gasteiger partial charge is 0.314 e. The summed E-state index contributed by atoms with van der Waals surface area (Å²) in [6.45, 7) is 2.63. The maximum absolute atomic E-state index is 14.4. The van der Waals surface area contributed by atoms with Crippen molar-refractivity contribution in [2.24, 2.45) is 7.05 Å². The number of aromatic nitrogens is 4. The summed E-state index contributed by atoms with van der Waals surface area (Å²) in [5.74, 6) is 0.480. The molecule has 6 heteroatoms. The first-order valence-corrected chi connectivity index (χ1v) is 6.20. The van der Waals surface area contributed by atoms with Crippen LogP contribution in [-0.2, 0) is 13.5 Å².